The summed E-state index contributed by atoms with van der Waals surface area (Å²) in [5.74, 6) is 2.61. The van der Waals surface area contributed by atoms with Crippen LogP contribution in [0.5, 0.6) is 0 Å². The minimum Gasteiger partial charge on any atom is -0.387 e. The van der Waals surface area contributed by atoms with Gasteiger partial charge in [0.15, 0.2) is 0 Å². The summed E-state index contributed by atoms with van der Waals surface area (Å²) in [6.45, 7) is 2.82. The Hall–Kier alpha value is -0.0300. The molecule has 0 saturated carbocycles. The van der Waals surface area contributed by atoms with Crippen molar-refractivity contribution < 1.29 is 9.84 Å². The number of ether oxygens (including phenoxy) is 1. The van der Waals surface area contributed by atoms with Crippen molar-refractivity contribution in [3.63, 3.8) is 0 Å². The van der Waals surface area contributed by atoms with Crippen LogP contribution in [0.1, 0.15) is 34.8 Å². The summed E-state index contributed by atoms with van der Waals surface area (Å²) < 4.78 is 5.07. The van der Waals surface area contributed by atoms with E-state index >= 15 is 0 Å². The molecule has 4 heteroatoms. The van der Waals surface area contributed by atoms with Gasteiger partial charge in [-0.3, -0.25) is 0 Å². The van der Waals surface area contributed by atoms with Gasteiger partial charge in [-0.2, -0.15) is 11.8 Å². The fraction of sp³-hybridized carbons (Fsp3) is 0.692. The second kappa shape index (κ2) is 6.23. The van der Waals surface area contributed by atoms with Gasteiger partial charge in [-0.25, -0.2) is 0 Å². The number of thiophene rings is 1. The number of thioether (sulfide) groups is 1. The summed E-state index contributed by atoms with van der Waals surface area (Å²) in [7, 11) is 1.71. The zero-order valence-electron chi connectivity index (χ0n) is 10.4. The number of aryl methyl sites for hydroxylation is 1. The third-order valence-corrected chi connectivity index (χ3v) is 5.57. The molecule has 1 N–H and O–H groups in total. The van der Waals surface area contributed by atoms with Gasteiger partial charge in [0, 0.05) is 29.2 Å². The Balaban J connectivity index is 2.03. The quantitative estimate of drug-likeness (QED) is 0.892. The number of fused-ring (bicyclic) bond motifs is 1. The van der Waals surface area contributed by atoms with Gasteiger partial charge < -0.3 is 9.84 Å². The molecule has 0 spiro atoms. The monoisotopic (exact) mass is 272 g/mol. The largest absolute Gasteiger partial charge is 0.387 e. The summed E-state index contributed by atoms with van der Waals surface area (Å²) in [5.41, 5.74) is 1.44. The van der Waals surface area contributed by atoms with E-state index in [0.717, 1.165) is 23.7 Å². The minimum atomic E-state index is -0.328. The number of hydrogen-bond acceptors (Lipinski definition) is 4. The van der Waals surface area contributed by atoms with Crippen LogP contribution in [0.25, 0.3) is 0 Å². The van der Waals surface area contributed by atoms with Crippen molar-refractivity contribution in [1.29, 1.82) is 0 Å². The number of rotatable bonds is 5. The average Bonchev–Trinajstić information content (AvgIpc) is 2.78. The maximum atomic E-state index is 10.3. The molecular weight excluding hydrogens is 252 g/mol. The van der Waals surface area contributed by atoms with E-state index in [0.29, 0.717) is 0 Å². The summed E-state index contributed by atoms with van der Waals surface area (Å²) in [6.07, 6.45) is 1.75. The lowest BCUT2D eigenvalue weighted by molar-refractivity contribution is 0.0911. The van der Waals surface area contributed by atoms with Gasteiger partial charge in [0.2, 0.25) is 0 Å². The molecule has 0 saturated heterocycles. The Bertz CT molecular complexity index is 339. The maximum Gasteiger partial charge on any atom is 0.0908 e. The van der Waals surface area contributed by atoms with Crippen LogP contribution in [0.2, 0.25) is 0 Å². The normalized spacial score (nSPS) is 18.8. The summed E-state index contributed by atoms with van der Waals surface area (Å²) in [5, 5.41) is 10.3. The first-order valence-corrected chi connectivity index (χ1v) is 8.05. The van der Waals surface area contributed by atoms with Gasteiger partial charge in [0.25, 0.3) is 0 Å². The molecule has 0 aliphatic carbocycles. The van der Waals surface area contributed by atoms with E-state index in [1.54, 1.807) is 18.4 Å². The van der Waals surface area contributed by atoms with Crippen molar-refractivity contribution in [2.45, 2.75) is 31.6 Å². The zero-order valence-corrected chi connectivity index (χ0v) is 12.1. The van der Waals surface area contributed by atoms with Crippen molar-refractivity contribution in [2.24, 2.45) is 5.92 Å². The fourth-order valence-corrected chi connectivity index (χ4v) is 4.55. The van der Waals surface area contributed by atoms with Gasteiger partial charge in [-0.15, -0.1) is 11.3 Å². The summed E-state index contributed by atoms with van der Waals surface area (Å²) in [4.78, 5) is 2.62. The fourth-order valence-electron chi connectivity index (χ4n) is 2.06. The molecule has 1 aromatic heterocycles. The van der Waals surface area contributed by atoms with Crippen LogP contribution in [-0.4, -0.2) is 24.6 Å². The molecule has 0 radical (unpaired) electrons. The highest BCUT2D eigenvalue weighted by molar-refractivity contribution is 7.98. The van der Waals surface area contributed by atoms with Crippen molar-refractivity contribution in [3.05, 3.63) is 21.4 Å². The van der Waals surface area contributed by atoms with Gasteiger partial charge in [0.1, 0.15) is 0 Å². The first-order chi connectivity index (χ1) is 8.22. The Labute approximate surface area is 111 Å². The van der Waals surface area contributed by atoms with Gasteiger partial charge in [0.05, 0.1) is 6.10 Å². The van der Waals surface area contributed by atoms with Crippen LogP contribution in [0.15, 0.2) is 6.07 Å². The SMILES string of the molecule is COCCC(C)C(O)c1cc2c(s1)CCSC2. The lowest BCUT2D eigenvalue weighted by Gasteiger charge is -2.16. The molecule has 0 amide bonds. The van der Waals surface area contributed by atoms with Crippen LogP contribution < -0.4 is 0 Å². The molecule has 0 fully saturated rings. The number of hydrogen-bond donors (Lipinski definition) is 1. The Morgan fingerprint density at radius 2 is 2.35 bits per heavy atom. The van der Waals surface area contributed by atoms with E-state index in [9.17, 15) is 5.11 Å². The molecular formula is C13H20O2S2. The highest BCUT2D eigenvalue weighted by atomic mass is 32.2. The van der Waals surface area contributed by atoms with E-state index in [1.165, 1.54) is 22.6 Å². The zero-order chi connectivity index (χ0) is 12.3. The van der Waals surface area contributed by atoms with Crippen LogP contribution in [0.4, 0.5) is 0 Å². The molecule has 1 aliphatic rings. The number of aliphatic hydroxyl groups excluding tert-OH is 1. The van der Waals surface area contributed by atoms with Gasteiger partial charge in [-0.05, 0) is 36.1 Å². The molecule has 1 aliphatic heterocycles. The summed E-state index contributed by atoms with van der Waals surface area (Å²) >= 11 is 3.79. The van der Waals surface area contributed by atoms with Crippen molar-refractivity contribution in [2.75, 3.05) is 19.5 Å². The summed E-state index contributed by atoms with van der Waals surface area (Å²) in [6, 6.07) is 2.21. The first-order valence-electron chi connectivity index (χ1n) is 6.08. The predicted molar refractivity (Wildman–Crippen MR) is 74.8 cm³/mol. The van der Waals surface area contributed by atoms with Gasteiger partial charge in [-0.1, -0.05) is 6.92 Å². The molecule has 2 heterocycles. The smallest absolute Gasteiger partial charge is 0.0908 e. The number of aliphatic hydroxyl groups is 1. The molecule has 2 nitrogen and oxygen atoms in total. The van der Waals surface area contributed by atoms with Crippen molar-refractivity contribution in [3.8, 4) is 0 Å². The maximum absolute atomic E-state index is 10.3. The van der Waals surface area contributed by atoms with E-state index in [1.807, 2.05) is 11.8 Å². The highest BCUT2D eigenvalue weighted by Crippen LogP contribution is 2.37. The lowest BCUT2D eigenvalue weighted by Crippen LogP contribution is -2.10. The Kier molecular flexibility index (Phi) is 4.91. The second-order valence-corrected chi connectivity index (χ2v) is 6.88. The van der Waals surface area contributed by atoms with Gasteiger partial charge >= 0.3 is 0 Å². The molecule has 17 heavy (non-hydrogen) atoms. The highest BCUT2D eigenvalue weighted by Gasteiger charge is 2.21. The second-order valence-electron chi connectivity index (χ2n) is 4.60. The Morgan fingerprint density at radius 1 is 1.53 bits per heavy atom. The average molecular weight is 272 g/mol. The lowest BCUT2D eigenvalue weighted by atomic mass is 10.00. The third-order valence-electron chi connectivity index (χ3n) is 3.25. The van der Waals surface area contributed by atoms with E-state index in [4.69, 9.17) is 4.74 Å². The van der Waals surface area contributed by atoms with Crippen LogP contribution in [0, 0.1) is 5.92 Å². The predicted octanol–water partition coefficient (Wildman–Crippen LogP) is 3.24. The molecule has 0 bridgehead atoms. The van der Waals surface area contributed by atoms with E-state index in [2.05, 4.69) is 13.0 Å². The van der Waals surface area contributed by atoms with E-state index in [-0.39, 0.29) is 12.0 Å². The van der Waals surface area contributed by atoms with Crippen LogP contribution in [0.3, 0.4) is 0 Å². The van der Waals surface area contributed by atoms with Crippen molar-refractivity contribution >= 4 is 23.1 Å². The van der Waals surface area contributed by atoms with Crippen molar-refractivity contribution in [1.82, 2.24) is 0 Å². The molecule has 96 valence electrons. The molecule has 0 aromatic carbocycles. The van der Waals surface area contributed by atoms with Crippen LogP contribution >= 0.6 is 23.1 Å². The van der Waals surface area contributed by atoms with Crippen LogP contribution in [-0.2, 0) is 16.9 Å². The topological polar surface area (TPSA) is 29.5 Å². The molecule has 2 unspecified atom stereocenters. The third kappa shape index (κ3) is 3.25. The molecule has 2 atom stereocenters. The standard InChI is InChI=1S/C13H20O2S2/c1-9(3-5-15-2)13(14)12-7-10-8-16-6-4-11(10)17-12/h7,9,13-14H,3-6,8H2,1-2H3. The molecule has 1 aromatic rings. The Morgan fingerprint density at radius 3 is 3.06 bits per heavy atom. The van der Waals surface area contributed by atoms with E-state index < -0.39 is 0 Å². The minimum absolute atomic E-state index is 0.266. The molecule has 2 rings (SSSR count). The first kappa shape index (κ1) is 13.4. The number of methoxy groups -OCH3 is 1.